The monoisotopic (exact) mass is 273 g/mol. The van der Waals surface area contributed by atoms with Crippen molar-refractivity contribution in [3.63, 3.8) is 0 Å². The van der Waals surface area contributed by atoms with Gasteiger partial charge in [0.1, 0.15) is 0 Å². The number of rotatable bonds is 14. The lowest BCUT2D eigenvalue weighted by Gasteiger charge is -2.33. The molecule has 0 bridgehead atoms. The fourth-order valence-corrected chi connectivity index (χ4v) is 2.39. The van der Waals surface area contributed by atoms with Crippen LogP contribution < -0.4 is 5.32 Å². The molecular formula is C16H35NO2. The van der Waals surface area contributed by atoms with Crippen LogP contribution in [0.5, 0.6) is 0 Å². The van der Waals surface area contributed by atoms with Gasteiger partial charge in [0.2, 0.25) is 0 Å². The molecule has 0 saturated carbocycles. The number of ether oxygens (including phenoxy) is 2. The molecule has 0 saturated heterocycles. The molecule has 0 spiro atoms. The second-order valence-corrected chi connectivity index (χ2v) is 5.49. The Balaban J connectivity index is 4.15. The largest absolute Gasteiger partial charge is 0.383 e. The molecular weight excluding hydrogens is 238 g/mol. The van der Waals surface area contributed by atoms with Gasteiger partial charge in [-0.15, -0.1) is 0 Å². The summed E-state index contributed by atoms with van der Waals surface area (Å²) in [6, 6.07) is 0. The Hall–Kier alpha value is -0.120. The van der Waals surface area contributed by atoms with E-state index in [1.54, 1.807) is 7.11 Å². The van der Waals surface area contributed by atoms with Gasteiger partial charge in [0.25, 0.3) is 0 Å². The lowest BCUT2D eigenvalue weighted by atomic mass is 9.77. The molecule has 0 rings (SSSR count). The van der Waals surface area contributed by atoms with Crippen molar-refractivity contribution in [1.29, 1.82) is 0 Å². The van der Waals surface area contributed by atoms with Gasteiger partial charge < -0.3 is 14.8 Å². The first-order chi connectivity index (χ1) is 9.24. The first kappa shape index (κ1) is 18.9. The van der Waals surface area contributed by atoms with Crippen molar-refractivity contribution >= 4 is 0 Å². The van der Waals surface area contributed by atoms with Crippen LogP contribution in [0.2, 0.25) is 0 Å². The van der Waals surface area contributed by atoms with E-state index < -0.39 is 0 Å². The van der Waals surface area contributed by atoms with Crippen LogP contribution in [-0.2, 0) is 9.47 Å². The topological polar surface area (TPSA) is 30.5 Å². The molecule has 0 aliphatic rings. The second kappa shape index (κ2) is 12.9. The zero-order chi connectivity index (χ0) is 14.4. The lowest BCUT2D eigenvalue weighted by Crippen LogP contribution is -2.36. The first-order valence-corrected chi connectivity index (χ1v) is 8.02. The smallest absolute Gasteiger partial charge is 0.0587 e. The second-order valence-electron chi connectivity index (χ2n) is 5.49. The average molecular weight is 273 g/mol. The molecule has 0 aromatic heterocycles. The molecule has 19 heavy (non-hydrogen) atoms. The highest BCUT2D eigenvalue weighted by molar-refractivity contribution is 4.80. The van der Waals surface area contributed by atoms with E-state index >= 15 is 0 Å². The van der Waals surface area contributed by atoms with Crippen molar-refractivity contribution in [2.24, 2.45) is 5.41 Å². The summed E-state index contributed by atoms with van der Waals surface area (Å²) in [6.45, 7) is 11.4. The van der Waals surface area contributed by atoms with Crippen LogP contribution >= 0.6 is 0 Å². The molecule has 3 heteroatoms. The minimum atomic E-state index is 0.400. The third-order valence-electron chi connectivity index (χ3n) is 3.92. The third kappa shape index (κ3) is 9.42. The molecule has 0 aliphatic heterocycles. The highest BCUT2D eigenvalue weighted by Crippen LogP contribution is 2.32. The Bertz CT molecular complexity index is 174. The van der Waals surface area contributed by atoms with Crippen LogP contribution in [0.1, 0.15) is 59.3 Å². The van der Waals surface area contributed by atoms with E-state index in [4.69, 9.17) is 9.47 Å². The molecule has 0 heterocycles. The van der Waals surface area contributed by atoms with Gasteiger partial charge in [0.15, 0.2) is 0 Å². The van der Waals surface area contributed by atoms with Gasteiger partial charge >= 0.3 is 0 Å². The molecule has 3 nitrogen and oxygen atoms in total. The van der Waals surface area contributed by atoms with Crippen LogP contribution in [0.15, 0.2) is 0 Å². The third-order valence-corrected chi connectivity index (χ3v) is 3.92. The van der Waals surface area contributed by atoms with Crippen molar-refractivity contribution in [2.45, 2.75) is 59.3 Å². The fraction of sp³-hybridized carbons (Fsp3) is 1.00. The minimum Gasteiger partial charge on any atom is -0.383 e. The van der Waals surface area contributed by atoms with Gasteiger partial charge in [-0.05, 0) is 31.1 Å². The summed E-state index contributed by atoms with van der Waals surface area (Å²) in [6.07, 6.45) is 7.39. The molecule has 0 aromatic carbocycles. The molecule has 1 atom stereocenters. The number of unbranched alkanes of at least 4 members (excludes halogenated alkanes) is 1. The predicted molar refractivity (Wildman–Crippen MR) is 82.7 cm³/mol. The van der Waals surface area contributed by atoms with Crippen LogP contribution in [0, 0.1) is 5.41 Å². The fourth-order valence-electron chi connectivity index (χ4n) is 2.39. The zero-order valence-electron chi connectivity index (χ0n) is 13.6. The van der Waals surface area contributed by atoms with Gasteiger partial charge in [-0.2, -0.15) is 0 Å². The molecule has 0 amide bonds. The predicted octanol–water partition coefficient (Wildman–Crippen LogP) is 3.63. The standard InChI is InChI=1S/C16H35NO2/c1-5-8-9-16(7-3,10-13-19-12-6-2)15-17-11-14-18-4/h17H,5-15H2,1-4H3. The molecule has 0 fully saturated rings. The maximum Gasteiger partial charge on any atom is 0.0587 e. The highest BCUT2D eigenvalue weighted by atomic mass is 16.5. The first-order valence-electron chi connectivity index (χ1n) is 8.02. The highest BCUT2D eigenvalue weighted by Gasteiger charge is 2.26. The van der Waals surface area contributed by atoms with E-state index in [0.717, 1.165) is 39.3 Å². The van der Waals surface area contributed by atoms with Crippen LogP contribution in [0.3, 0.4) is 0 Å². The molecule has 1 unspecified atom stereocenters. The van der Waals surface area contributed by atoms with E-state index in [-0.39, 0.29) is 0 Å². The summed E-state index contributed by atoms with van der Waals surface area (Å²) < 4.78 is 10.8. The molecule has 1 N–H and O–H groups in total. The van der Waals surface area contributed by atoms with Crippen molar-refractivity contribution in [3.05, 3.63) is 0 Å². The normalized spacial score (nSPS) is 14.5. The van der Waals surface area contributed by atoms with Crippen molar-refractivity contribution in [1.82, 2.24) is 5.32 Å². The maximum atomic E-state index is 5.70. The van der Waals surface area contributed by atoms with Gasteiger partial charge in [-0.1, -0.05) is 33.6 Å². The summed E-state index contributed by atoms with van der Waals surface area (Å²) >= 11 is 0. The van der Waals surface area contributed by atoms with Crippen molar-refractivity contribution in [3.8, 4) is 0 Å². The van der Waals surface area contributed by atoms with Gasteiger partial charge in [-0.25, -0.2) is 0 Å². The van der Waals surface area contributed by atoms with Gasteiger partial charge in [-0.3, -0.25) is 0 Å². The Morgan fingerprint density at radius 2 is 1.74 bits per heavy atom. The quantitative estimate of drug-likeness (QED) is 0.490. The van der Waals surface area contributed by atoms with Crippen molar-refractivity contribution in [2.75, 3.05) is 40.0 Å². The number of hydrogen-bond acceptors (Lipinski definition) is 3. The van der Waals surface area contributed by atoms with E-state index in [1.165, 1.54) is 32.1 Å². The molecule has 116 valence electrons. The Morgan fingerprint density at radius 3 is 2.32 bits per heavy atom. The summed E-state index contributed by atoms with van der Waals surface area (Å²) in [7, 11) is 1.75. The number of nitrogens with one attached hydrogen (secondary N) is 1. The minimum absolute atomic E-state index is 0.400. The van der Waals surface area contributed by atoms with E-state index in [9.17, 15) is 0 Å². The summed E-state index contributed by atoms with van der Waals surface area (Å²) in [4.78, 5) is 0. The number of hydrogen-bond donors (Lipinski definition) is 1. The summed E-state index contributed by atoms with van der Waals surface area (Å²) in [5, 5.41) is 3.55. The van der Waals surface area contributed by atoms with Crippen molar-refractivity contribution < 1.29 is 9.47 Å². The Kier molecular flexibility index (Phi) is 12.8. The average Bonchev–Trinajstić information content (AvgIpc) is 2.45. The van der Waals surface area contributed by atoms with E-state index in [0.29, 0.717) is 5.41 Å². The SMILES string of the molecule is CCCCC(CC)(CCOCCC)CNCCOC. The van der Waals surface area contributed by atoms with E-state index in [2.05, 4.69) is 26.1 Å². The van der Waals surface area contributed by atoms with Gasteiger partial charge in [0.05, 0.1) is 6.61 Å². The van der Waals surface area contributed by atoms with Crippen LogP contribution in [-0.4, -0.2) is 40.0 Å². The number of methoxy groups -OCH3 is 1. The Morgan fingerprint density at radius 1 is 0.947 bits per heavy atom. The molecule has 0 aliphatic carbocycles. The summed E-state index contributed by atoms with van der Waals surface area (Å²) in [5.74, 6) is 0. The molecule has 0 aromatic rings. The van der Waals surface area contributed by atoms with Crippen LogP contribution in [0.4, 0.5) is 0 Å². The molecule has 0 radical (unpaired) electrons. The Labute approximate surface area is 120 Å². The maximum absolute atomic E-state index is 5.70. The summed E-state index contributed by atoms with van der Waals surface area (Å²) in [5.41, 5.74) is 0.400. The lowest BCUT2D eigenvalue weighted by molar-refractivity contribution is 0.0838. The van der Waals surface area contributed by atoms with Gasteiger partial charge in [0, 0.05) is 33.4 Å². The zero-order valence-corrected chi connectivity index (χ0v) is 13.6. The van der Waals surface area contributed by atoms with Crippen LogP contribution in [0.25, 0.3) is 0 Å². The van der Waals surface area contributed by atoms with E-state index in [1.807, 2.05) is 0 Å².